The lowest BCUT2D eigenvalue weighted by atomic mass is 10.1. The van der Waals surface area contributed by atoms with Crippen LogP contribution in [0.1, 0.15) is 0 Å². The SMILES string of the molecule is Nc1ccc(S)c2cccc(O)c12. The molecule has 13 heavy (non-hydrogen) atoms. The Kier molecular flexibility index (Phi) is 1.81. The Labute approximate surface area is 81.4 Å². The lowest BCUT2D eigenvalue weighted by Crippen LogP contribution is -1.87. The van der Waals surface area contributed by atoms with Crippen molar-refractivity contribution in [3.05, 3.63) is 30.3 Å². The second-order valence-corrected chi connectivity index (χ2v) is 3.36. The van der Waals surface area contributed by atoms with Crippen molar-refractivity contribution in [3.63, 3.8) is 0 Å². The number of phenolic OH excluding ortho intramolecular Hbond substituents is 1. The molecule has 0 amide bonds. The summed E-state index contributed by atoms with van der Waals surface area (Å²) in [4.78, 5) is 0.820. The number of hydrogen-bond donors (Lipinski definition) is 3. The van der Waals surface area contributed by atoms with Crippen molar-refractivity contribution in [2.45, 2.75) is 4.90 Å². The first-order valence-electron chi connectivity index (χ1n) is 3.89. The Bertz CT molecular complexity index is 459. The number of fused-ring (bicyclic) bond motifs is 1. The first kappa shape index (κ1) is 8.26. The zero-order chi connectivity index (χ0) is 9.42. The maximum absolute atomic E-state index is 9.56. The molecule has 2 rings (SSSR count). The predicted molar refractivity (Wildman–Crippen MR) is 57.3 cm³/mol. The average Bonchev–Trinajstić information content (AvgIpc) is 2.12. The molecule has 3 heteroatoms. The molecule has 0 heterocycles. The first-order valence-corrected chi connectivity index (χ1v) is 4.34. The van der Waals surface area contributed by atoms with E-state index in [1.165, 1.54) is 0 Å². The van der Waals surface area contributed by atoms with E-state index in [9.17, 15) is 5.11 Å². The number of nitrogen functional groups attached to an aromatic ring is 1. The number of hydrogen-bond acceptors (Lipinski definition) is 3. The molecule has 66 valence electrons. The third-order valence-electron chi connectivity index (χ3n) is 2.03. The molecule has 0 saturated carbocycles. The standard InChI is InChI=1S/C10H9NOS/c11-7-4-5-9(13)6-2-1-3-8(12)10(6)7/h1-5,12-13H,11H2. The summed E-state index contributed by atoms with van der Waals surface area (Å²) in [6, 6.07) is 8.83. The van der Waals surface area contributed by atoms with Crippen LogP contribution in [0.3, 0.4) is 0 Å². The monoisotopic (exact) mass is 191 g/mol. The summed E-state index contributed by atoms with van der Waals surface area (Å²) in [6.07, 6.45) is 0. The van der Waals surface area contributed by atoms with Crippen molar-refractivity contribution in [2.24, 2.45) is 0 Å². The predicted octanol–water partition coefficient (Wildman–Crippen LogP) is 2.42. The summed E-state index contributed by atoms with van der Waals surface area (Å²) in [6.45, 7) is 0. The largest absolute Gasteiger partial charge is 0.507 e. The third kappa shape index (κ3) is 1.21. The van der Waals surface area contributed by atoms with Gasteiger partial charge in [0.1, 0.15) is 5.75 Å². The van der Waals surface area contributed by atoms with Crippen LogP contribution < -0.4 is 5.73 Å². The fourth-order valence-electron chi connectivity index (χ4n) is 1.40. The smallest absolute Gasteiger partial charge is 0.125 e. The molecule has 2 aromatic rings. The van der Waals surface area contributed by atoms with Gasteiger partial charge in [0.25, 0.3) is 0 Å². The molecule has 0 aliphatic heterocycles. The second-order valence-electron chi connectivity index (χ2n) is 2.87. The van der Waals surface area contributed by atoms with Crippen LogP contribution in [-0.2, 0) is 0 Å². The van der Waals surface area contributed by atoms with Crippen molar-refractivity contribution in [3.8, 4) is 5.75 Å². The van der Waals surface area contributed by atoms with Gasteiger partial charge in [-0.2, -0.15) is 0 Å². The quantitative estimate of drug-likeness (QED) is 0.442. The zero-order valence-electron chi connectivity index (χ0n) is 6.86. The van der Waals surface area contributed by atoms with E-state index in [-0.39, 0.29) is 5.75 Å². The van der Waals surface area contributed by atoms with Crippen molar-refractivity contribution in [1.29, 1.82) is 0 Å². The van der Waals surface area contributed by atoms with E-state index >= 15 is 0 Å². The van der Waals surface area contributed by atoms with Gasteiger partial charge in [0.05, 0.1) is 0 Å². The van der Waals surface area contributed by atoms with Crippen LogP contribution in [0.4, 0.5) is 5.69 Å². The van der Waals surface area contributed by atoms with Crippen LogP contribution in [0.2, 0.25) is 0 Å². The Morgan fingerprint density at radius 2 is 1.92 bits per heavy atom. The number of rotatable bonds is 0. The van der Waals surface area contributed by atoms with E-state index in [0.29, 0.717) is 11.1 Å². The van der Waals surface area contributed by atoms with Crippen LogP contribution in [-0.4, -0.2) is 5.11 Å². The molecule has 0 aromatic heterocycles. The third-order valence-corrected chi connectivity index (χ3v) is 2.42. The van der Waals surface area contributed by atoms with E-state index in [1.54, 1.807) is 18.2 Å². The lowest BCUT2D eigenvalue weighted by molar-refractivity contribution is 0.482. The van der Waals surface area contributed by atoms with Gasteiger partial charge in [-0.25, -0.2) is 0 Å². The van der Waals surface area contributed by atoms with Gasteiger partial charge < -0.3 is 10.8 Å². The fourth-order valence-corrected chi connectivity index (χ4v) is 1.66. The van der Waals surface area contributed by atoms with E-state index < -0.39 is 0 Å². The Hall–Kier alpha value is -1.35. The molecule has 0 unspecified atom stereocenters. The maximum atomic E-state index is 9.56. The average molecular weight is 191 g/mol. The zero-order valence-corrected chi connectivity index (χ0v) is 7.75. The number of phenols is 1. The van der Waals surface area contributed by atoms with Gasteiger partial charge in [-0.15, -0.1) is 12.6 Å². The minimum atomic E-state index is 0.200. The molecule has 0 atom stereocenters. The number of nitrogens with two attached hydrogens (primary N) is 1. The van der Waals surface area contributed by atoms with E-state index in [0.717, 1.165) is 10.3 Å². The highest BCUT2D eigenvalue weighted by molar-refractivity contribution is 7.80. The van der Waals surface area contributed by atoms with Crippen molar-refractivity contribution < 1.29 is 5.11 Å². The molecular formula is C10H9NOS. The van der Waals surface area contributed by atoms with Crippen LogP contribution >= 0.6 is 12.6 Å². The van der Waals surface area contributed by atoms with Gasteiger partial charge in [-0.05, 0) is 18.2 Å². The van der Waals surface area contributed by atoms with Crippen molar-refractivity contribution in [2.75, 3.05) is 5.73 Å². The van der Waals surface area contributed by atoms with Gasteiger partial charge in [0.15, 0.2) is 0 Å². The highest BCUT2D eigenvalue weighted by Crippen LogP contribution is 2.33. The summed E-state index contributed by atoms with van der Waals surface area (Å²) < 4.78 is 0. The summed E-state index contributed by atoms with van der Waals surface area (Å²) in [5.41, 5.74) is 6.31. The molecule has 0 aliphatic rings. The molecule has 3 N–H and O–H groups in total. The van der Waals surface area contributed by atoms with Gasteiger partial charge in [-0.3, -0.25) is 0 Å². The Morgan fingerprint density at radius 3 is 2.62 bits per heavy atom. The molecule has 0 fully saturated rings. The summed E-state index contributed by atoms with van der Waals surface area (Å²) in [5.74, 6) is 0.200. The minimum absolute atomic E-state index is 0.200. The summed E-state index contributed by atoms with van der Waals surface area (Å²) >= 11 is 4.28. The topological polar surface area (TPSA) is 46.2 Å². The van der Waals surface area contributed by atoms with Gasteiger partial charge >= 0.3 is 0 Å². The minimum Gasteiger partial charge on any atom is -0.507 e. The van der Waals surface area contributed by atoms with Crippen LogP contribution in [0.15, 0.2) is 35.2 Å². The number of aromatic hydroxyl groups is 1. The van der Waals surface area contributed by atoms with Crippen molar-refractivity contribution in [1.82, 2.24) is 0 Å². The molecule has 0 saturated heterocycles. The van der Waals surface area contributed by atoms with Crippen LogP contribution in [0.5, 0.6) is 5.75 Å². The second kappa shape index (κ2) is 2.85. The lowest BCUT2D eigenvalue weighted by Gasteiger charge is -2.05. The molecule has 0 aliphatic carbocycles. The summed E-state index contributed by atoms with van der Waals surface area (Å²) in [7, 11) is 0. The highest BCUT2D eigenvalue weighted by Gasteiger charge is 2.04. The molecule has 0 spiro atoms. The number of benzene rings is 2. The maximum Gasteiger partial charge on any atom is 0.125 e. The number of anilines is 1. The fraction of sp³-hybridized carbons (Fsp3) is 0. The normalized spacial score (nSPS) is 10.5. The Morgan fingerprint density at radius 1 is 1.15 bits per heavy atom. The van der Waals surface area contributed by atoms with E-state index in [1.807, 2.05) is 12.1 Å². The van der Waals surface area contributed by atoms with E-state index in [4.69, 9.17) is 5.73 Å². The summed E-state index contributed by atoms with van der Waals surface area (Å²) in [5, 5.41) is 11.1. The molecule has 0 radical (unpaired) electrons. The van der Waals surface area contributed by atoms with E-state index in [2.05, 4.69) is 12.6 Å². The first-order chi connectivity index (χ1) is 6.20. The van der Waals surface area contributed by atoms with Crippen molar-refractivity contribution >= 4 is 29.1 Å². The van der Waals surface area contributed by atoms with Crippen LogP contribution in [0, 0.1) is 0 Å². The molecule has 2 nitrogen and oxygen atoms in total. The highest BCUT2D eigenvalue weighted by atomic mass is 32.1. The molecule has 2 aromatic carbocycles. The van der Waals surface area contributed by atoms with Gasteiger partial charge in [0.2, 0.25) is 0 Å². The number of thiol groups is 1. The van der Waals surface area contributed by atoms with Gasteiger partial charge in [-0.1, -0.05) is 12.1 Å². The molecular weight excluding hydrogens is 182 g/mol. The van der Waals surface area contributed by atoms with Crippen LogP contribution in [0.25, 0.3) is 10.8 Å². The molecule has 0 bridgehead atoms. The van der Waals surface area contributed by atoms with Gasteiger partial charge in [0, 0.05) is 21.4 Å². The Balaban J connectivity index is 3.00.